The quantitative estimate of drug-likeness (QED) is 0.646. The van der Waals surface area contributed by atoms with Gasteiger partial charge in [-0.2, -0.15) is 0 Å². The second-order valence-electron chi connectivity index (χ2n) is 6.13. The van der Waals surface area contributed by atoms with Crippen molar-refractivity contribution >= 4 is 26.8 Å². The van der Waals surface area contributed by atoms with Crippen molar-refractivity contribution in [3.8, 4) is 0 Å². The van der Waals surface area contributed by atoms with E-state index >= 15 is 0 Å². The Morgan fingerprint density at radius 1 is 1.14 bits per heavy atom. The second kappa shape index (κ2) is 5.25. The van der Waals surface area contributed by atoms with Crippen molar-refractivity contribution in [2.24, 2.45) is 0 Å². The first kappa shape index (κ1) is 14.0. The van der Waals surface area contributed by atoms with Crippen LogP contribution in [0.5, 0.6) is 0 Å². The van der Waals surface area contributed by atoms with E-state index in [4.69, 9.17) is 0 Å². The van der Waals surface area contributed by atoms with Crippen LogP contribution >= 0.6 is 15.9 Å². The average Bonchev–Trinajstić information content (AvgIpc) is 2.88. The predicted molar refractivity (Wildman–Crippen MR) is 95.5 cm³/mol. The van der Waals surface area contributed by atoms with Gasteiger partial charge in [0.25, 0.3) is 0 Å². The summed E-state index contributed by atoms with van der Waals surface area (Å²) in [6.45, 7) is 5.43. The number of aromatic nitrogens is 1. The SMILES string of the molecule is Cc1cccc(C2NCCc3c2[nH]c2ccc(Br)cc32)c1C. The van der Waals surface area contributed by atoms with Crippen LogP contribution < -0.4 is 5.32 Å². The average molecular weight is 355 g/mol. The van der Waals surface area contributed by atoms with Crippen molar-refractivity contribution in [3.05, 3.63) is 68.8 Å². The molecule has 2 N–H and O–H groups in total. The minimum absolute atomic E-state index is 0.259. The van der Waals surface area contributed by atoms with Crippen LogP contribution in [0.1, 0.15) is 34.0 Å². The number of hydrogen-bond acceptors (Lipinski definition) is 1. The Labute approximate surface area is 139 Å². The molecule has 1 aliphatic rings. The highest BCUT2D eigenvalue weighted by Gasteiger charge is 2.26. The highest BCUT2D eigenvalue weighted by atomic mass is 79.9. The number of benzene rings is 2. The van der Waals surface area contributed by atoms with E-state index < -0.39 is 0 Å². The van der Waals surface area contributed by atoms with Gasteiger partial charge < -0.3 is 10.3 Å². The van der Waals surface area contributed by atoms with Gasteiger partial charge in [0, 0.05) is 27.6 Å². The Morgan fingerprint density at radius 3 is 2.86 bits per heavy atom. The van der Waals surface area contributed by atoms with Crippen LogP contribution in [0.25, 0.3) is 10.9 Å². The fourth-order valence-corrected chi connectivity index (χ4v) is 3.91. The normalized spacial score (nSPS) is 17.7. The summed E-state index contributed by atoms with van der Waals surface area (Å²) in [5.74, 6) is 0. The molecule has 2 heterocycles. The summed E-state index contributed by atoms with van der Waals surface area (Å²) in [5, 5.41) is 5.04. The maximum atomic E-state index is 3.69. The number of H-pyrrole nitrogens is 1. The molecule has 0 radical (unpaired) electrons. The fourth-order valence-electron chi connectivity index (χ4n) is 3.55. The first-order valence-electron chi connectivity index (χ1n) is 7.74. The Hall–Kier alpha value is -1.58. The molecule has 0 amide bonds. The molecular weight excluding hydrogens is 336 g/mol. The number of aromatic amines is 1. The molecule has 22 heavy (non-hydrogen) atoms. The Morgan fingerprint density at radius 2 is 2.00 bits per heavy atom. The molecule has 0 saturated carbocycles. The Kier molecular flexibility index (Phi) is 3.35. The number of rotatable bonds is 1. The highest BCUT2D eigenvalue weighted by molar-refractivity contribution is 9.10. The third-order valence-corrected chi connectivity index (χ3v) is 5.36. The van der Waals surface area contributed by atoms with Crippen molar-refractivity contribution in [2.75, 3.05) is 6.54 Å². The zero-order chi connectivity index (χ0) is 15.3. The first-order valence-corrected chi connectivity index (χ1v) is 8.54. The zero-order valence-corrected chi connectivity index (χ0v) is 14.4. The molecule has 1 aromatic heterocycles. The molecule has 3 aromatic rings. The molecule has 3 heteroatoms. The molecule has 0 spiro atoms. The number of hydrogen-bond donors (Lipinski definition) is 2. The Bertz CT molecular complexity index is 863. The van der Waals surface area contributed by atoms with Crippen LogP contribution in [-0.2, 0) is 6.42 Å². The summed E-state index contributed by atoms with van der Waals surface area (Å²) in [6.07, 6.45) is 1.08. The topological polar surface area (TPSA) is 27.8 Å². The van der Waals surface area contributed by atoms with E-state index in [-0.39, 0.29) is 6.04 Å². The molecule has 1 aliphatic heterocycles. The molecule has 1 atom stereocenters. The van der Waals surface area contributed by atoms with Crippen molar-refractivity contribution in [2.45, 2.75) is 26.3 Å². The van der Waals surface area contributed by atoms with Gasteiger partial charge in [0.1, 0.15) is 0 Å². The van der Waals surface area contributed by atoms with E-state index in [1.165, 1.54) is 38.9 Å². The molecule has 0 fully saturated rings. The van der Waals surface area contributed by atoms with Gasteiger partial charge in [-0.25, -0.2) is 0 Å². The third kappa shape index (κ3) is 2.11. The van der Waals surface area contributed by atoms with Crippen molar-refractivity contribution in [1.82, 2.24) is 10.3 Å². The van der Waals surface area contributed by atoms with Gasteiger partial charge in [-0.05, 0) is 60.7 Å². The van der Waals surface area contributed by atoms with Gasteiger partial charge >= 0.3 is 0 Å². The van der Waals surface area contributed by atoms with Crippen LogP contribution in [0, 0.1) is 13.8 Å². The van der Waals surface area contributed by atoms with Crippen LogP contribution in [0.2, 0.25) is 0 Å². The maximum Gasteiger partial charge on any atom is 0.0735 e. The van der Waals surface area contributed by atoms with E-state index in [0.29, 0.717) is 0 Å². The van der Waals surface area contributed by atoms with Crippen LogP contribution in [0.3, 0.4) is 0 Å². The van der Waals surface area contributed by atoms with Gasteiger partial charge in [-0.1, -0.05) is 34.1 Å². The summed E-state index contributed by atoms with van der Waals surface area (Å²) >= 11 is 3.60. The Balaban J connectivity index is 1.92. The molecule has 1 unspecified atom stereocenters. The summed E-state index contributed by atoms with van der Waals surface area (Å²) in [4.78, 5) is 3.66. The van der Waals surface area contributed by atoms with E-state index in [1.54, 1.807) is 0 Å². The second-order valence-corrected chi connectivity index (χ2v) is 7.05. The molecular formula is C19H19BrN2. The summed E-state index contributed by atoms with van der Waals surface area (Å²) < 4.78 is 1.14. The number of nitrogens with one attached hydrogen (secondary N) is 2. The third-order valence-electron chi connectivity index (χ3n) is 4.87. The summed E-state index contributed by atoms with van der Waals surface area (Å²) in [7, 11) is 0. The van der Waals surface area contributed by atoms with E-state index in [9.17, 15) is 0 Å². The van der Waals surface area contributed by atoms with Crippen LogP contribution in [0.4, 0.5) is 0 Å². The largest absolute Gasteiger partial charge is 0.357 e. The van der Waals surface area contributed by atoms with Crippen molar-refractivity contribution < 1.29 is 0 Å². The lowest BCUT2D eigenvalue weighted by atomic mass is 9.90. The van der Waals surface area contributed by atoms with Gasteiger partial charge in [-0.15, -0.1) is 0 Å². The van der Waals surface area contributed by atoms with Gasteiger partial charge in [0.15, 0.2) is 0 Å². The van der Waals surface area contributed by atoms with Gasteiger partial charge in [0.05, 0.1) is 6.04 Å². The number of halogens is 1. The van der Waals surface area contributed by atoms with E-state index in [2.05, 4.69) is 76.5 Å². The number of fused-ring (bicyclic) bond motifs is 3. The summed E-state index contributed by atoms with van der Waals surface area (Å²) in [6, 6.07) is 13.3. The molecule has 2 aromatic carbocycles. The zero-order valence-electron chi connectivity index (χ0n) is 12.8. The lowest BCUT2D eigenvalue weighted by Gasteiger charge is -2.26. The lowest BCUT2D eigenvalue weighted by molar-refractivity contribution is 0.558. The van der Waals surface area contributed by atoms with Crippen molar-refractivity contribution in [1.29, 1.82) is 0 Å². The highest BCUT2D eigenvalue weighted by Crippen LogP contribution is 2.35. The van der Waals surface area contributed by atoms with E-state index in [1.807, 2.05) is 0 Å². The van der Waals surface area contributed by atoms with Gasteiger partial charge in [0.2, 0.25) is 0 Å². The smallest absolute Gasteiger partial charge is 0.0735 e. The predicted octanol–water partition coefficient (Wildman–Crippen LogP) is 4.78. The lowest BCUT2D eigenvalue weighted by Crippen LogP contribution is -2.31. The van der Waals surface area contributed by atoms with Gasteiger partial charge in [-0.3, -0.25) is 0 Å². The minimum atomic E-state index is 0.259. The minimum Gasteiger partial charge on any atom is -0.357 e. The molecule has 0 saturated heterocycles. The maximum absolute atomic E-state index is 3.69. The molecule has 112 valence electrons. The molecule has 0 aliphatic carbocycles. The first-order chi connectivity index (χ1) is 10.6. The van der Waals surface area contributed by atoms with Crippen molar-refractivity contribution in [3.63, 3.8) is 0 Å². The van der Waals surface area contributed by atoms with Crippen LogP contribution in [-0.4, -0.2) is 11.5 Å². The monoisotopic (exact) mass is 354 g/mol. The fraction of sp³-hybridized carbons (Fsp3) is 0.263. The summed E-state index contributed by atoms with van der Waals surface area (Å²) in [5.41, 5.74) is 8.13. The van der Waals surface area contributed by atoms with Crippen LogP contribution in [0.15, 0.2) is 40.9 Å². The molecule has 0 bridgehead atoms. The van der Waals surface area contributed by atoms with E-state index in [0.717, 1.165) is 17.4 Å². The standard InChI is InChI=1S/C19H19BrN2/c1-11-4-3-5-14(12(11)2)18-19-15(8-9-21-18)16-10-13(20)6-7-17(16)22-19/h3-7,10,18,21-22H,8-9H2,1-2H3. The number of aryl methyl sites for hydroxylation is 1. The molecule has 4 rings (SSSR count). The molecule has 2 nitrogen and oxygen atoms in total.